The van der Waals surface area contributed by atoms with Crippen LogP contribution in [0.3, 0.4) is 0 Å². The second kappa shape index (κ2) is 3.22. The van der Waals surface area contributed by atoms with Gasteiger partial charge >= 0.3 is 0 Å². The summed E-state index contributed by atoms with van der Waals surface area (Å²) in [7, 11) is 0. The number of nitrogens with zero attached hydrogens (tertiary/aromatic N) is 2. The molecule has 4 nitrogen and oxygen atoms in total. The molecular formula is C12H20N4. The van der Waals surface area contributed by atoms with Crippen molar-refractivity contribution in [2.75, 3.05) is 6.54 Å². The molecule has 2 aliphatic heterocycles. The van der Waals surface area contributed by atoms with Gasteiger partial charge in [-0.15, -0.1) is 0 Å². The van der Waals surface area contributed by atoms with Crippen molar-refractivity contribution in [1.29, 1.82) is 0 Å². The zero-order valence-electron chi connectivity index (χ0n) is 9.55. The maximum atomic E-state index is 6.12. The van der Waals surface area contributed by atoms with E-state index in [4.69, 9.17) is 5.73 Å². The Morgan fingerprint density at radius 3 is 3.12 bits per heavy atom. The molecule has 1 saturated heterocycles. The molecule has 4 aliphatic rings. The predicted molar refractivity (Wildman–Crippen MR) is 61.8 cm³/mol. The first kappa shape index (κ1) is 9.45. The normalized spacial score (nSPS) is 50.6. The topological polar surface area (TPSA) is 44.5 Å². The fourth-order valence-corrected chi connectivity index (χ4v) is 4.31. The highest BCUT2D eigenvalue weighted by Gasteiger charge is 2.50. The van der Waals surface area contributed by atoms with E-state index >= 15 is 0 Å². The minimum absolute atomic E-state index is 0.455. The molecule has 0 bridgehead atoms. The molecule has 4 heteroatoms. The van der Waals surface area contributed by atoms with Crippen molar-refractivity contribution >= 4 is 0 Å². The van der Waals surface area contributed by atoms with Crippen LogP contribution in [0.4, 0.5) is 0 Å². The van der Waals surface area contributed by atoms with Gasteiger partial charge in [-0.2, -0.15) is 5.12 Å². The first-order chi connectivity index (χ1) is 7.83. The number of fused-ring (bicyclic) bond motifs is 5. The molecule has 2 saturated carbocycles. The van der Waals surface area contributed by atoms with Crippen molar-refractivity contribution in [3.05, 3.63) is 12.3 Å². The van der Waals surface area contributed by atoms with E-state index in [1.54, 1.807) is 0 Å². The standard InChI is InChI=1S/C12H20N4/c13-9-6-8-2-3-11-12(10(8)7-9)14-16-5-1-4-15(11)16/h1,4,8-12,14H,2-3,5-7,13H2. The summed E-state index contributed by atoms with van der Waals surface area (Å²) in [5.41, 5.74) is 9.81. The van der Waals surface area contributed by atoms with Crippen LogP contribution >= 0.6 is 0 Å². The van der Waals surface area contributed by atoms with Crippen molar-refractivity contribution < 1.29 is 0 Å². The first-order valence-corrected chi connectivity index (χ1v) is 6.57. The van der Waals surface area contributed by atoms with Crippen molar-refractivity contribution in [2.45, 2.75) is 43.8 Å². The molecule has 2 aliphatic carbocycles. The van der Waals surface area contributed by atoms with Crippen LogP contribution < -0.4 is 11.2 Å². The van der Waals surface area contributed by atoms with Gasteiger partial charge in [0.05, 0.1) is 12.6 Å². The van der Waals surface area contributed by atoms with E-state index in [2.05, 4.69) is 27.8 Å². The fourth-order valence-electron chi connectivity index (χ4n) is 4.31. The van der Waals surface area contributed by atoms with Crippen molar-refractivity contribution in [1.82, 2.24) is 15.6 Å². The van der Waals surface area contributed by atoms with Gasteiger partial charge in [0.1, 0.15) is 0 Å². The molecule has 0 radical (unpaired) electrons. The number of rotatable bonds is 0. The molecule has 5 atom stereocenters. The Morgan fingerprint density at radius 1 is 1.25 bits per heavy atom. The van der Waals surface area contributed by atoms with Gasteiger partial charge in [-0.3, -0.25) is 5.01 Å². The van der Waals surface area contributed by atoms with E-state index in [1.165, 1.54) is 25.7 Å². The third-order valence-corrected chi connectivity index (χ3v) is 4.95. The molecule has 16 heavy (non-hydrogen) atoms. The van der Waals surface area contributed by atoms with Crippen molar-refractivity contribution in [3.8, 4) is 0 Å². The zero-order chi connectivity index (χ0) is 10.7. The molecular weight excluding hydrogens is 200 g/mol. The summed E-state index contributed by atoms with van der Waals surface area (Å²) in [5, 5.41) is 4.69. The van der Waals surface area contributed by atoms with Crippen LogP contribution in [-0.2, 0) is 0 Å². The van der Waals surface area contributed by atoms with E-state index < -0.39 is 0 Å². The van der Waals surface area contributed by atoms with Crippen LogP contribution in [0.15, 0.2) is 12.3 Å². The van der Waals surface area contributed by atoms with Gasteiger partial charge in [0.15, 0.2) is 0 Å². The first-order valence-electron chi connectivity index (χ1n) is 6.57. The van der Waals surface area contributed by atoms with Gasteiger partial charge in [-0.25, -0.2) is 5.43 Å². The lowest BCUT2D eigenvalue weighted by Crippen LogP contribution is -2.46. The number of hydrazine groups is 2. The SMILES string of the molecule is NC1CC2CCC3C(NN4CC=CN34)C2C1. The lowest BCUT2D eigenvalue weighted by atomic mass is 9.76. The highest BCUT2D eigenvalue weighted by atomic mass is 15.9. The summed E-state index contributed by atoms with van der Waals surface area (Å²) < 4.78 is 0. The number of hydrogen-bond donors (Lipinski definition) is 2. The Kier molecular flexibility index (Phi) is 1.90. The van der Waals surface area contributed by atoms with Crippen LogP contribution in [0, 0.1) is 11.8 Å². The quantitative estimate of drug-likeness (QED) is 0.621. The van der Waals surface area contributed by atoms with E-state index in [0.29, 0.717) is 18.1 Å². The molecule has 0 aromatic rings. The van der Waals surface area contributed by atoms with Crippen LogP contribution in [0.1, 0.15) is 25.7 Å². The van der Waals surface area contributed by atoms with Gasteiger partial charge in [0, 0.05) is 18.3 Å². The smallest absolute Gasteiger partial charge is 0.0634 e. The zero-order valence-corrected chi connectivity index (χ0v) is 9.55. The predicted octanol–water partition coefficient (Wildman–Crippen LogP) is 0.435. The third-order valence-electron chi connectivity index (χ3n) is 4.95. The maximum Gasteiger partial charge on any atom is 0.0634 e. The van der Waals surface area contributed by atoms with Crippen molar-refractivity contribution in [2.24, 2.45) is 17.6 Å². The lowest BCUT2D eigenvalue weighted by Gasteiger charge is -2.36. The number of nitrogens with one attached hydrogen (secondary N) is 1. The molecule has 5 unspecified atom stereocenters. The van der Waals surface area contributed by atoms with E-state index in [1.807, 2.05) is 0 Å². The van der Waals surface area contributed by atoms with Crippen LogP contribution in [0.25, 0.3) is 0 Å². The van der Waals surface area contributed by atoms with E-state index in [-0.39, 0.29) is 0 Å². The molecule has 0 aromatic heterocycles. The molecule has 3 fully saturated rings. The Labute approximate surface area is 96.4 Å². The average Bonchev–Trinajstić information content (AvgIpc) is 2.87. The Morgan fingerprint density at radius 2 is 2.19 bits per heavy atom. The maximum absolute atomic E-state index is 6.12. The van der Waals surface area contributed by atoms with Gasteiger partial charge in [-0.05, 0) is 43.6 Å². The lowest BCUT2D eigenvalue weighted by molar-refractivity contribution is 0.0402. The Balaban J connectivity index is 1.61. The second-order valence-electron chi connectivity index (χ2n) is 5.80. The molecule has 0 amide bonds. The van der Waals surface area contributed by atoms with E-state index in [9.17, 15) is 0 Å². The molecule has 3 N–H and O–H groups in total. The van der Waals surface area contributed by atoms with Crippen LogP contribution in [-0.4, -0.2) is 34.8 Å². The van der Waals surface area contributed by atoms with Gasteiger partial charge < -0.3 is 5.73 Å². The Hall–Kier alpha value is -0.580. The van der Waals surface area contributed by atoms with Crippen LogP contribution in [0.5, 0.6) is 0 Å². The monoisotopic (exact) mass is 220 g/mol. The minimum atomic E-state index is 0.455. The van der Waals surface area contributed by atoms with E-state index in [0.717, 1.165) is 18.4 Å². The Bertz CT molecular complexity index is 329. The molecule has 2 heterocycles. The summed E-state index contributed by atoms with van der Waals surface area (Å²) in [6.45, 7) is 1.02. The van der Waals surface area contributed by atoms with Gasteiger partial charge in [0.25, 0.3) is 0 Å². The number of hydrogen-bond acceptors (Lipinski definition) is 4. The molecule has 88 valence electrons. The summed E-state index contributed by atoms with van der Waals surface area (Å²) in [6.07, 6.45) is 9.66. The van der Waals surface area contributed by atoms with Gasteiger partial charge in [0.2, 0.25) is 0 Å². The van der Waals surface area contributed by atoms with Crippen molar-refractivity contribution in [3.63, 3.8) is 0 Å². The van der Waals surface area contributed by atoms with Gasteiger partial charge in [-0.1, -0.05) is 0 Å². The summed E-state index contributed by atoms with van der Waals surface area (Å²) >= 11 is 0. The highest BCUT2D eigenvalue weighted by Crippen LogP contribution is 2.45. The number of nitrogens with two attached hydrogens (primary N) is 1. The second-order valence-corrected chi connectivity index (χ2v) is 5.80. The summed E-state index contributed by atoms with van der Waals surface area (Å²) in [4.78, 5) is 0. The summed E-state index contributed by atoms with van der Waals surface area (Å²) in [5.74, 6) is 1.70. The molecule has 0 spiro atoms. The third kappa shape index (κ3) is 1.15. The minimum Gasteiger partial charge on any atom is -0.328 e. The fraction of sp³-hybridized carbons (Fsp3) is 0.833. The van der Waals surface area contributed by atoms with Crippen LogP contribution in [0.2, 0.25) is 0 Å². The highest BCUT2D eigenvalue weighted by molar-refractivity contribution is 5.08. The summed E-state index contributed by atoms with van der Waals surface area (Å²) in [6, 6.07) is 1.79. The molecule has 0 aromatic carbocycles. The average molecular weight is 220 g/mol. The molecule has 4 rings (SSSR count). The largest absolute Gasteiger partial charge is 0.328 e.